The van der Waals surface area contributed by atoms with Gasteiger partial charge in [-0.25, -0.2) is 27.6 Å². The summed E-state index contributed by atoms with van der Waals surface area (Å²) >= 11 is 0. The summed E-state index contributed by atoms with van der Waals surface area (Å²) < 4.78 is 71.8. The van der Waals surface area contributed by atoms with Crippen molar-refractivity contribution in [3.05, 3.63) is 72.6 Å². The van der Waals surface area contributed by atoms with Crippen LogP contribution in [-0.2, 0) is 12.1 Å². The molecule has 2 amide bonds. The van der Waals surface area contributed by atoms with Crippen LogP contribution in [0.5, 0.6) is 5.75 Å². The molecule has 0 unspecified atom stereocenters. The first kappa shape index (κ1) is 26.3. The zero-order chi connectivity index (χ0) is 26.8. The van der Waals surface area contributed by atoms with E-state index in [1.165, 1.54) is 69.6 Å². The number of benzene rings is 2. The molecule has 2 heterocycles. The Labute approximate surface area is 208 Å². The van der Waals surface area contributed by atoms with Crippen LogP contribution in [0, 0.1) is 5.82 Å². The molecule has 37 heavy (non-hydrogen) atoms. The lowest BCUT2D eigenvalue weighted by atomic mass is 9.85. The fourth-order valence-electron chi connectivity index (χ4n) is 4.19. The Hall–Kier alpha value is -3.74. The van der Waals surface area contributed by atoms with Crippen LogP contribution in [0.3, 0.4) is 0 Å². The normalized spacial score (nSPS) is 16.8. The quantitative estimate of drug-likeness (QED) is 0.406. The number of carbonyl (C=O) groups is 1. The molecule has 198 valence electrons. The van der Waals surface area contributed by atoms with E-state index in [1.54, 1.807) is 13.0 Å². The zero-order valence-corrected chi connectivity index (χ0v) is 19.6. The number of carbonyl (C=O) groups excluding carboxylic acids is 1. The standard InChI is InChI=1S/C24H24F5N5O3/c1-16(23(36,12-32-15-30-14-31-32)19-4-2-3-5-20(19)25)33-10-11-34(22(33)35)17-6-8-18(9-7-17)37-13-24(28,29)21(26)27/h2-9,14-16,21,36H,10-13H2,1H3/t16-,23-/m1/s1. The van der Waals surface area contributed by atoms with Gasteiger partial charge in [-0.1, -0.05) is 18.2 Å². The summed E-state index contributed by atoms with van der Waals surface area (Å²) in [4.78, 5) is 20.0. The van der Waals surface area contributed by atoms with E-state index in [4.69, 9.17) is 4.74 Å². The fourth-order valence-corrected chi connectivity index (χ4v) is 4.19. The van der Waals surface area contributed by atoms with Crippen LogP contribution in [0.25, 0.3) is 0 Å². The summed E-state index contributed by atoms with van der Waals surface area (Å²) in [6, 6.07) is 9.79. The molecule has 1 aliphatic rings. The Balaban J connectivity index is 1.52. The van der Waals surface area contributed by atoms with Crippen molar-refractivity contribution in [1.29, 1.82) is 0 Å². The minimum atomic E-state index is -4.29. The van der Waals surface area contributed by atoms with Crippen molar-refractivity contribution in [2.75, 3.05) is 24.6 Å². The van der Waals surface area contributed by atoms with Gasteiger partial charge in [0.2, 0.25) is 0 Å². The Kier molecular flexibility index (Phi) is 7.35. The van der Waals surface area contributed by atoms with Gasteiger partial charge in [0.1, 0.15) is 29.8 Å². The molecule has 2 aromatic carbocycles. The highest BCUT2D eigenvalue weighted by Gasteiger charge is 2.46. The Morgan fingerprint density at radius 2 is 1.81 bits per heavy atom. The van der Waals surface area contributed by atoms with Crippen molar-refractivity contribution < 1.29 is 36.6 Å². The number of hydrogen-bond acceptors (Lipinski definition) is 5. The highest BCUT2D eigenvalue weighted by atomic mass is 19.3. The maximum absolute atomic E-state index is 14.8. The number of halogens is 5. The summed E-state index contributed by atoms with van der Waals surface area (Å²) in [5.74, 6) is -5.00. The molecule has 4 rings (SSSR count). The molecule has 2 atom stereocenters. The molecule has 1 aromatic heterocycles. The predicted octanol–water partition coefficient (Wildman–Crippen LogP) is 3.91. The van der Waals surface area contributed by atoms with Crippen molar-refractivity contribution in [1.82, 2.24) is 19.7 Å². The number of urea groups is 1. The van der Waals surface area contributed by atoms with Crippen LogP contribution in [0.15, 0.2) is 61.2 Å². The third-order valence-corrected chi connectivity index (χ3v) is 6.31. The number of nitrogens with zero attached hydrogens (tertiary/aromatic N) is 5. The summed E-state index contributed by atoms with van der Waals surface area (Å²) in [6.45, 7) is 0.369. The molecular formula is C24H24F5N5O3. The van der Waals surface area contributed by atoms with E-state index < -0.39 is 42.4 Å². The van der Waals surface area contributed by atoms with Crippen LogP contribution >= 0.6 is 0 Å². The smallest absolute Gasteiger partial charge is 0.340 e. The third kappa shape index (κ3) is 5.36. The Morgan fingerprint density at radius 3 is 2.43 bits per heavy atom. The van der Waals surface area contributed by atoms with Gasteiger partial charge < -0.3 is 14.7 Å². The molecule has 1 N–H and O–H groups in total. The maximum atomic E-state index is 14.8. The van der Waals surface area contributed by atoms with Gasteiger partial charge in [0.05, 0.1) is 12.6 Å². The summed E-state index contributed by atoms with van der Waals surface area (Å²) in [5.41, 5.74) is -1.47. The first-order chi connectivity index (χ1) is 17.5. The molecule has 13 heteroatoms. The molecule has 1 aliphatic heterocycles. The first-order valence-corrected chi connectivity index (χ1v) is 11.3. The minimum Gasteiger partial charge on any atom is -0.487 e. The number of ether oxygens (including phenoxy) is 1. The summed E-state index contributed by atoms with van der Waals surface area (Å²) in [6.07, 6.45) is -1.20. The van der Waals surface area contributed by atoms with E-state index in [1.807, 2.05) is 0 Å². The highest BCUT2D eigenvalue weighted by molar-refractivity contribution is 5.94. The van der Waals surface area contributed by atoms with Crippen molar-refractivity contribution in [2.45, 2.75) is 37.5 Å². The molecular weight excluding hydrogens is 501 g/mol. The minimum absolute atomic E-state index is 0.00801. The van der Waals surface area contributed by atoms with Crippen LogP contribution in [-0.4, -0.2) is 68.9 Å². The van der Waals surface area contributed by atoms with E-state index in [-0.39, 0.29) is 30.9 Å². The molecule has 0 aliphatic carbocycles. The largest absolute Gasteiger partial charge is 0.487 e. The maximum Gasteiger partial charge on any atom is 0.340 e. The number of hydrogen-bond donors (Lipinski definition) is 1. The second-order valence-electron chi connectivity index (χ2n) is 8.65. The average molecular weight is 525 g/mol. The van der Waals surface area contributed by atoms with Crippen LogP contribution in [0.4, 0.5) is 32.4 Å². The van der Waals surface area contributed by atoms with Gasteiger partial charge in [-0.15, -0.1) is 0 Å². The lowest BCUT2D eigenvalue weighted by Gasteiger charge is -2.39. The number of aliphatic hydroxyl groups is 1. The van der Waals surface area contributed by atoms with E-state index in [0.29, 0.717) is 5.69 Å². The molecule has 1 saturated heterocycles. The number of anilines is 1. The van der Waals surface area contributed by atoms with Crippen molar-refractivity contribution in [3.8, 4) is 5.75 Å². The molecule has 0 saturated carbocycles. The van der Waals surface area contributed by atoms with Crippen LogP contribution < -0.4 is 9.64 Å². The number of rotatable bonds is 10. The molecule has 3 aromatic rings. The van der Waals surface area contributed by atoms with Gasteiger partial charge in [0, 0.05) is 24.3 Å². The van der Waals surface area contributed by atoms with Gasteiger partial charge in [-0.2, -0.15) is 13.9 Å². The zero-order valence-electron chi connectivity index (χ0n) is 19.6. The van der Waals surface area contributed by atoms with Gasteiger partial charge in [-0.05, 0) is 37.3 Å². The van der Waals surface area contributed by atoms with Crippen molar-refractivity contribution >= 4 is 11.7 Å². The van der Waals surface area contributed by atoms with Gasteiger partial charge >= 0.3 is 18.4 Å². The molecule has 0 radical (unpaired) electrons. The molecule has 0 spiro atoms. The molecule has 0 bridgehead atoms. The first-order valence-electron chi connectivity index (χ1n) is 11.3. The second-order valence-corrected chi connectivity index (χ2v) is 8.65. The second kappa shape index (κ2) is 10.3. The van der Waals surface area contributed by atoms with Crippen LogP contribution in [0.2, 0.25) is 0 Å². The van der Waals surface area contributed by atoms with E-state index in [0.717, 1.165) is 0 Å². The highest BCUT2D eigenvalue weighted by Crippen LogP contribution is 2.35. The number of aromatic nitrogens is 3. The monoisotopic (exact) mass is 525 g/mol. The number of amides is 2. The Morgan fingerprint density at radius 1 is 1.11 bits per heavy atom. The van der Waals surface area contributed by atoms with E-state index in [9.17, 15) is 31.9 Å². The van der Waals surface area contributed by atoms with E-state index >= 15 is 0 Å². The van der Waals surface area contributed by atoms with Gasteiger partial charge in [-0.3, -0.25) is 4.90 Å². The third-order valence-electron chi connectivity index (χ3n) is 6.31. The van der Waals surface area contributed by atoms with Gasteiger partial charge in [0.15, 0.2) is 6.61 Å². The summed E-state index contributed by atoms with van der Waals surface area (Å²) in [7, 11) is 0. The van der Waals surface area contributed by atoms with E-state index in [2.05, 4.69) is 10.1 Å². The molecule has 8 nitrogen and oxygen atoms in total. The van der Waals surface area contributed by atoms with Crippen LogP contribution in [0.1, 0.15) is 12.5 Å². The average Bonchev–Trinajstić information content (AvgIpc) is 3.52. The summed E-state index contributed by atoms with van der Waals surface area (Å²) in [5, 5.41) is 15.8. The molecule has 1 fully saturated rings. The van der Waals surface area contributed by atoms with Gasteiger partial charge in [0.25, 0.3) is 0 Å². The lowest BCUT2D eigenvalue weighted by molar-refractivity contribution is -0.148. The predicted molar refractivity (Wildman–Crippen MR) is 122 cm³/mol. The van der Waals surface area contributed by atoms with Crippen molar-refractivity contribution in [3.63, 3.8) is 0 Å². The van der Waals surface area contributed by atoms with Crippen molar-refractivity contribution in [2.24, 2.45) is 0 Å². The fraction of sp³-hybridized carbons (Fsp3) is 0.375. The Bertz CT molecular complexity index is 1210. The topological polar surface area (TPSA) is 83.7 Å². The number of alkyl halides is 4. The SMILES string of the molecule is C[C@@H](N1CCN(c2ccc(OCC(F)(F)C(F)F)cc2)C1=O)[C@](O)(Cn1cncn1)c1ccccc1F. The lowest BCUT2D eigenvalue weighted by Crippen LogP contribution is -2.53.